The van der Waals surface area contributed by atoms with Crippen molar-refractivity contribution >= 4 is 29.0 Å². The van der Waals surface area contributed by atoms with E-state index in [1.165, 1.54) is 0 Å². The van der Waals surface area contributed by atoms with E-state index in [9.17, 15) is 14.7 Å². The topological polar surface area (TPSA) is 84.9 Å². The molecule has 2 aromatic carbocycles. The number of ether oxygens (including phenoxy) is 2. The highest BCUT2D eigenvalue weighted by atomic mass is 32.2. The summed E-state index contributed by atoms with van der Waals surface area (Å²) in [5.41, 5.74) is 1.48. The largest absolute Gasteiger partial charge is 0.497 e. The van der Waals surface area contributed by atoms with E-state index in [0.717, 1.165) is 17.3 Å². The molecule has 7 heteroatoms. The molecule has 0 aliphatic carbocycles. The van der Waals surface area contributed by atoms with Gasteiger partial charge in [-0.05, 0) is 53.2 Å². The molecular weight excluding hydrogens is 354 g/mol. The van der Waals surface area contributed by atoms with Crippen molar-refractivity contribution in [3.8, 4) is 11.5 Å². The Balaban J connectivity index is 1.60. The second kappa shape index (κ2) is 8.07. The van der Waals surface area contributed by atoms with Gasteiger partial charge < -0.3 is 14.6 Å². The normalized spacial score (nSPS) is 16.5. The van der Waals surface area contributed by atoms with E-state index in [1.54, 1.807) is 55.7 Å². The second-order valence-electron chi connectivity index (χ2n) is 5.52. The lowest BCUT2D eigenvalue weighted by Crippen LogP contribution is -2.17. The fraction of sp³-hybridized carbons (Fsp3) is 0.158. The highest BCUT2D eigenvalue weighted by molar-refractivity contribution is 8.18. The summed E-state index contributed by atoms with van der Waals surface area (Å²) >= 11 is 0.874. The number of benzene rings is 2. The number of imide groups is 1. The van der Waals surface area contributed by atoms with E-state index in [0.29, 0.717) is 22.0 Å². The summed E-state index contributed by atoms with van der Waals surface area (Å²) in [6.07, 6.45) is 0.858. The minimum absolute atomic E-state index is 0.0976. The Morgan fingerprint density at radius 3 is 2.58 bits per heavy atom. The average molecular weight is 371 g/mol. The summed E-state index contributed by atoms with van der Waals surface area (Å²) in [7, 11) is 1.57. The Morgan fingerprint density at radius 2 is 1.92 bits per heavy atom. The minimum atomic E-state index is -0.781. The van der Waals surface area contributed by atoms with Gasteiger partial charge in [-0.1, -0.05) is 24.3 Å². The third kappa shape index (κ3) is 4.44. The first-order valence-electron chi connectivity index (χ1n) is 7.85. The van der Waals surface area contributed by atoms with Gasteiger partial charge in [-0.3, -0.25) is 14.9 Å². The van der Waals surface area contributed by atoms with Gasteiger partial charge in [0.2, 0.25) is 0 Å². The Morgan fingerprint density at radius 1 is 1.15 bits per heavy atom. The van der Waals surface area contributed by atoms with Crippen molar-refractivity contribution in [2.24, 2.45) is 0 Å². The van der Waals surface area contributed by atoms with Gasteiger partial charge in [0.15, 0.2) is 0 Å². The monoisotopic (exact) mass is 371 g/mol. The molecule has 0 bridgehead atoms. The maximum absolute atomic E-state index is 11.5. The van der Waals surface area contributed by atoms with Crippen molar-refractivity contribution < 1.29 is 24.2 Å². The van der Waals surface area contributed by atoms with Gasteiger partial charge in [0.1, 0.15) is 24.2 Å². The predicted octanol–water partition coefficient (Wildman–Crippen LogP) is 3.13. The van der Waals surface area contributed by atoms with E-state index in [1.807, 2.05) is 6.07 Å². The van der Waals surface area contributed by atoms with Crippen LogP contribution in [-0.4, -0.2) is 30.0 Å². The maximum Gasteiger partial charge on any atom is 0.290 e. The highest BCUT2D eigenvalue weighted by Crippen LogP contribution is 2.26. The highest BCUT2D eigenvalue weighted by Gasteiger charge is 2.24. The van der Waals surface area contributed by atoms with Crippen LogP contribution in [0.25, 0.3) is 6.08 Å². The van der Waals surface area contributed by atoms with E-state index >= 15 is 0 Å². The van der Waals surface area contributed by atoms with Crippen LogP contribution in [0.1, 0.15) is 17.2 Å². The van der Waals surface area contributed by atoms with E-state index in [2.05, 4.69) is 5.32 Å². The SMILES string of the molecule is COc1cccc(C(O)COc2ccc(C=C3SC(=O)NC3=O)cc2)c1. The number of aliphatic hydroxyl groups excluding tert-OH is 1. The molecule has 2 amide bonds. The lowest BCUT2D eigenvalue weighted by molar-refractivity contribution is -0.115. The molecule has 1 fully saturated rings. The molecule has 0 saturated carbocycles. The van der Waals surface area contributed by atoms with Gasteiger partial charge in [-0.15, -0.1) is 0 Å². The fourth-order valence-electron chi connectivity index (χ4n) is 2.35. The number of methoxy groups -OCH3 is 1. The number of thioether (sulfide) groups is 1. The van der Waals surface area contributed by atoms with Crippen LogP contribution >= 0.6 is 11.8 Å². The van der Waals surface area contributed by atoms with Crippen molar-refractivity contribution in [3.63, 3.8) is 0 Å². The molecule has 2 N–H and O–H groups in total. The minimum Gasteiger partial charge on any atom is -0.497 e. The Hall–Kier alpha value is -2.77. The van der Waals surface area contributed by atoms with Crippen LogP contribution in [0.5, 0.6) is 11.5 Å². The summed E-state index contributed by atoms with van der Waals surface area (Å²) in [6, 6.07) is 14.2. The summed E-state index contributed by atoms with van der Waals surface area (Å²) < 4.78 is 10.7. The second-order valence-corrected chi connectivity index (χ2v) is 6.54. The quantitative estimate of drug-likeness (QED) is 0.759. The average Bonchev–Trinajstić information content (AvgIpc) is 2.97. The van der Waals surface area contributed by atoms with Crippen LogP contribution in [0.15, 0.2) is 53.4 Å². The number of carbonyl (C=O) groups is 2. The number of carbonyl (C=O) groups excluding carboxylic acids is 2. The van der Waals surface area contributed by atoms with Crippen LogP contribution in [-0.2, 0) is 4.79 Å². The Kier molecular flexibility index (Phi) is 5.60. The van der Waals surface area contributed by atoms with Crippen LogP contribution < -0.4 is 14.8 Å². The van der Waals surface area contributed by atoms with E-state index in [-0.39, 0.29) is 17.8 Å². The van der Waals surface area contributed by atoms with Crippen LogP contribution in [0.2, 0.25) is 0 Å². The van der Waals surface area contributed by atoms with Crippen molar-refractivity contribution in [1.29, 1.82) is 0 Å². The van der Waals surface area contributed by atoms with Crippen LogP contribution in [0.4, 0.5) is 4.79 Å². The van der Waals surface area contributed by atoms with Gasteiger partial charge in [-0.2, -0.15) is 0 Å². The van der Waals surface area contributed by atoms with Gasteiger partial charge in [0.25, 0.3) is 11.1 Å². The predicted molar refractivity (Wildman–Crippen MR) is 99.0 cm³/mol. The molecule has 1 atom stereocenters. The number of nitrogens with one attached hydrogen (secondary N) is 1. The molecule has 1 aliphatic rings. The molecule has 6 nitrogen and oxygen atoms in total. The van der Waals surface area contributed by atoms with Crippen LogP contribution in [0, 0.1) is 0 Å². The van der Waals surface area contributed by atoms with E-state index < -0.39 is 6.10 Å². The molecule has 3 rings (SSSR count). The zero-order valence-corrected chi connectivity index (χ0v) is 14.8. The standard InChI is InChI=1S/C19H17NO5S/c1-24-15-4-2-3-13(10-15)16(21)11-25-14-7-5-12(6-8-14)9-17-18(22)20-19(23)26-17/h2-10,16,21H,11H2,1H3,(H,20,22,23). The van der Waals surface area contributed by atoms with Crippen LogP contribution in [0.3, 0.4) is 0 Å². The van der Waals surface area contributed by atoms with Gasteiger partial charge in [0, 0.05) is 0 Å². The molecule has 1 saturated heterocycles. The summed E-state index contributed by atoms with van der Waals surface area (Å²) in [4.78, 5) is 23.0. The number of hydrogen-bond acceptors (Lipinski definition) is 6. The first-order chi connectivity index (χ1) is 12.5. The smallest absolute Gasteiger partial charge is 0.290 e. The van der Waals surface area contributed by atoms with Crippen molar-refractivity contribution in [1.82, 2.24) is 5.32 Å². The zero-order chi connectivity index (χ0) is 18.5. The molecule has 134 valence electrons. The van der Waals surface area contributed by atoms with Crippen molar-refractivity contribution in [2.75, 3.05) is 13.7 Å². The molecule has 0 aromatic heterocycles. The number of amides is 2. The van der Waals surface area contributed by atoms with Crippen molar-refractivity contribution in [2.45, 2.75) is 6.10 Å². The molecule has 1 heterocycles. The lowest BCUT2D eigenvalue weighted by Gasteiger charge is -2.13. The Bertz CT molecular complexity index is 847. The summed E-state index contributed by atoms with van der Waals surface area (Å²) in [6.45, 7) is 0.0976. The number of aliphatic hydroxyl groups is 1. The third-order valence-corrected chi connectivity index (χ3v) is 4.52. The first kappa shape index (κ1) is 18.0. The molecular formula is C19H17NO5S. The third-order valence-electron chi connectivity index (χ3n) is 3.71. The molecule has 1 unspecified atom stereocenters. The Labute approximate surface area is 154 Å². The number of hydrogen-bond donors (Lipinski definition) is 2. The molecule has 0 radical (unpaired) electrons. The lowest BCUT2D eigenvalue weighted by atomic mass is 10.1. The summed E-state index contributed by atoms with van der Waals surface area (Å²) in [5, 5.41) is 12.1. The fourth-order valence-corrected chi connectivity index (χ4v) is 3.04. The van der Waals surface area contributed by atoms with Gasteiger partial charge in [-0.25, -0.2) is 0 Å². The van der Waals surface area contributed by atoms with Gasteiger partial charge >= 0.3 is 0 Å². The van der Waals surface area contributed by atoms with Gasteiger partial charge in [0.05, 0.1) is 12.0 Å². The molecule has 1 aliphatic heterocycles. The first-order valence-corrected chi connectivity index (χ1v) is 8.66. The summed E-state index contributed by atoms with van der Waals surface area (Å²) in [5.74, 6) is 0.877. The maximum atomic E-state index is 11.5. The molecule has 26 heavy (non-hydrogen) atoms. The number of rotatable bonds is 6. The van der Waals surface area contributed by atoms with Crippen molar-refractivity contribution in [3.05, 3.63) is 64.6 Å². The molecule has 0 spiro atoms. The molecule has 2 aromatic rings. The van der Waals surface area contributed by atoms with E-state index in [4.69, 9.17) is 9.47 Å². The zero-order valence-electron chi connectivity index (χ0n) is 14.0.